The van der Waals surface area contributed by atoms with Gasteiger partial charge in [0.25, 0.3) is 5.91 Å². The number of amides is 1. The lowest BCUT2D eigenvalue weighted by atomic mass is 10.2. The number of benzene rings is 1. The van der Waals surface area contributed by atoms with Crippen LogP contribution < -0.4 is 10.0 Å². The first-order valence-electron chi connectivity index (χ1n) is 8.34. The average Bonchev–Trinajstić information content (AvgIpc) is 3.23. The predicted octanol–water partition coefficient (Wildman–Crippen LogP) is 1.92. The SMILES string of the molecule is O=C(NCc1nn(-c2ccccc2)c2c1CCC2)c1ccc[n+]([O-])c1. The van der Waals surface area contributed by atoms with Crippen LogP contribution in [0.4, 0.5) is 0 Å². The number of aromatic nitrogens is 3. The normalized spacial score (nSPS) is 12.8. The van der Waals surface area contributed by atoms with Crippen LogP contribution in [0.3, 0.4) is 0 Å². The summed E-state index contributed by atoms with van der Waals surface area (Å²) in [6.07, 6.45) is 5.71. The smallest absolute Gasteiger partial charge is 0.257 e. The van der Waals surface area contributed by atoms with E-state index in [0.717, 1.165) is 30.6 Å². The van der Waals surface area contributed by atoms with Crippen molar-refractivity contribution in [2.24, 2.45) is 0 Å². The minimum absolute atomic E-state index is 0.272. The molecule has 0 aliphatic heterocycles. The van der Waals surface area contributed by atoms with Crippen molar-refractivity contribution < 1.29 is 9.52 Å². The van der Waals surface area contributed by atoms with Crippen LogP contribution in [0.25, 0.3) is 5.69 Å². The van der Waals surface area contributed by atoms with Gasteiger partial charge in [-0.2, -0.15) is 9.83 Å². The molecule has 0 saturated heterocycles. The lowest BCUT2D eigenvalue weighted by Gasteiger charge is -2.05. The Morgan fingerprint density at radius 2 is 2.04 bits per heavy atom. The average molecular weight is 334 g/mol. The van der Waals surface area contributed by atoms with E-state index in [0.29, 0.717) is 16.8 Å². The van der Waals surface area contributed by atoms with Crippen molar-refractivity contribution in [1.29, 1.82) is 0 Å². The van der Waals surface area contributed by atoms with Crippen LogP contribution in [0.15, 0.2) is 54.9 Å². The molecule has 6 nitrogen and oxygen atoms in total. The van der Waals surface area contributed by atoms with Crippen LogP contribution in [0.1, 0.15) is 33.7 Å². The molecule has 0 unspecified atom stereocenters. The molecule has 1 amide bonds. The number of carbonyl (C=O) groups excluding carboxylic acids is 1. The highest BCUT2D eigenvalue weighted by Crippen LogP contribution is 2.27. The number of nitrogens with zero attached hydrogens (tertiary/aromatic N) is 3. The second kappa shape index (κ2) is 6.39. The molecule has 0 radical (unpaired) electrons. The maximum atomic E-state index is 12.2. The summed E-state index contributed by atoms with van der Waals surface area (Å²) in [4.78, 5) is 12.2. The zero-order valence-electron chi connectivity index (χ0n) is 13.7. The van der Waals surface area contributed by atoms with Gasteiger partial charge in [-0.1, -0.05) is 18.2 Å². The summed E-state index contributed by atoms with van der Waals surface area (Å²) in [5.74, 6) is -0.272. The van der Waals surface area contributed by atoms with Gasteiger partial charge in [-0.3, -0.25) is 4.79 Å². The van der Waals surface area contributed by atoms with Gasteiger partial charge in [-0.15, -0.1) is 0 Å². The molecule has 1 aromatic carbocycles. The molecule has 0 saturated carbocycles. The zero-order chi connectivity index (χ0) is 17.2. The predicted molar refractivity (Wildman–Crippen MR) is 92.2 cm³/mol. The van der Waals surface area contributed by atoms with E-state index >= 15 is 0 Å². The van der Waals surface area contributed by atoms with E-state index in [1.54, 1.807) is 12.1 Å². The summed E-state index contributed by atoms with van der Waals surface area (Å²) < 4.78 is 2.61. The van der Waals surface area contributed by atoms with Gasteiger partial charge in [0.1, 0.15) is 5.56 Å². The Morgan fingerprint density at radius 3 is 2.84 bits per heavy atom. The van der Waals surface area contributed by atoms with Gasteiger partial charge < -0.3 is 10.5 Å². The Labute approximate surface area is 145 Å². The highest BCUT2D eigenvalue weighted by atomic mass is 16.5. The van der Waals surface area contributed by atoms with Gasteiger partial charge in [-0.25, -0.2) is 4.68 Å². The van der Waals surface area contributed by atoms with Gasteiger partial charge >= 0.3 is 0 Å². The van der Waals surface area contributed by atoms with E-state index in [2.05, 4.69) is 5.32 Å². The third-order valence-electron chi connectivity index (χ3n) is 4.47. The lowest BCUT2D eigenvalue weighted by molar-refractivity contribution is -0.605. The second-order valence-electron chi connectivity index (χ2n) is 6.11. The number of fused-ring (bicyclic) bond motifs is 1. The van der Waals surface area contributed by atoms with Crippen LogP contribution in [0, 0.1) is 5.21 Å². The van der Waals surface area contributed by atoms with Gasteiger partial charge in [0.2, 0.25) is 0 Å². The molecule has 2 heterocycles. The number of carbonyl (C=O) groups is 1. The largest absolute Gasteiger partial charge is 0.619 e. The summed E-state index contributed by atoms with van der Waals surface area (Å²) in [5, 5.41) is 18.9. The molecule has 4 rings (SSSR count). The second-order valence-corrected chi connectivity index (χ2v) is 6.11. The molecule has 1 aliphatic rings. The van der Waals surface area contributed by atoms with Gasteiger partial charge in [-0.05, 0) is 43.0 Å². The highest BCUT2D eigenvalue weighted by Gasteiger charge is 2.23. The lowest BCUT2D eigenvalue weighted by Crippen LogP contribution is -2.30. The van der Waals surface area contributed by atoms with E-state index < -0.39 is 0 Å². The molecule has 3 aromatic rings. The summed E-state index contributed by atoms with van der Waals surface area (Å²) >= 11 is 0. The topological polar surface area (TPSA) is 73.9 Å². The van der Waals surface area contributed by atoms with Crippen LogP contribution in [-0.4, -0.2) is 15.7 Å². The molecule has 0 spiro atoms. The van der Waals surface area contributed by atoms with Crippen molar-refractivity contribution in [3.8, 4) is 5.69 Å². The molecule has 0 fully saturated rings. The Hall–Kier alpha value is -3.15. The molecule has 6 heteroatoms. The summed E-state index contributed by atoms with van der Waals surface area (Å²) in [6, 6.07) is 13.2. The van der Waals surface area contributed by atoms with E-state index in [4.69, 9.17) is 5.10 Å². The van der Waals surface area contributed by atoms with E-state index in [1.807, 2.05) is 35.0 Å². The zero-order valence-corrected chi connectivity index (χ0v) is 13.7. The first-order valence-corrected chi connectivity index (χ1v) is 8.34. The minimum atomic E-state index is -0.272. The van der Waals surface area contributed by atoms with Crippen LogP contribution >= 0.6 is 0 Å². The van der Waals surface area contributed by atoms with Crippen molar-refractivity contribution in [2.75, 3.05) is 0 Å². The maximum absolute atomic E-state index is 12.2. The third kappa shape index (κ3) is 2.98. The third-order valence-corrected chi connectivity index (χ3v) is 4.47. The number of nitrogens with one attached hydrogen (secondary N) is 1. The number of para-hydroxylation sites is 1. The van der Waals surface area contributed by atoms with E-state index in [1.165, 1.54) is 23.7 Å². The fourth-order valence-electron chi connectivity index (χ4n) is 3.29. The number of rotatable bonds is 4. The number of hydrogen-bond acceptors (Lipinski definition) is 3. The van der Waals surface area contributed by atoms with E-state index in [-0.39, 0.29) is 5.91 Å². The summed E-state index contributed by atoms with van der Waals surface area (Å²) in [5.41, 5.74) is 4.74. The van der Waals surface area contributed by atoms with Crippen molar-refractivity contribution >= 4 is 5.91 Å². The molecule has 0 bridgehead atoms. The molecule has 1 N–H and O–H groups in total. The van der Waals surface area contributed by atoms with Gasteiger partial charge in [0.05, 0.1) is 17.9 Å². The molecule has 1 aliphatic carbocycles. The molecule has 2 aromatic heterocycles. The first-order chi connectivity index (χ1) is 12.2. The van der Waals surface area contributed by atoms with Crippen molar-refractivity contribution in [2.45, 2.75) is 25.8 Å². The Kier molecular flexibility index (Phi) is 3.93. The Balaban J connectivity index is 1.56. The fraction of sp³-hybridized carbons (Fsp3) is 0.211. The van der Waals surface area contributed by atoms with Crippen LogP contribution in [0.2, 0.25) is 0 Å². The molecule has 25 heavy (non-hydrogen) atoms. The molecule has 0 atom stereocenters. The van der Waals surface area contributed by atoms with Gasteiger partial charge in [0, 0.05) is 11.8 Å². The molecular formula is C19H18N4O2. The quantitative estimate of drug-likeness (QED) is 0.585. The monoisotopic (exact) mass is 334 g/mol. The Morgan fingerprint density at radius 1 is 1.20 bits per heavy atom. The standard InChI is InChI=1S/C19H18N4O2/c24-19(14-6-5-11-22(25)13-14)20-12-17-16-9-4-10-18(16)23(21-17)15-7-2-1-3-8-15/h1-3,5-8,11,13H,4,9-10,12H2,(H,20,24). The van der Waals surface area contributed by atoms with E-state index in [9.17, 15) is 10.0 Å². The number of pyridine rings is 1. The minimum Gasteiger partial charge on any atom is -0.619 e. The summed E-state index contributed by atoms with van der Waals surface area (Å²) in [7, 11) is 0. The first kappa shape index (κ1) is 15.4. The van der Waals surface area contributed by atoms with Gasteiger partial charge in [0.15, 0.2) is 12.4 Å². The van der Waals surface area contributed by atoms with Crippen LogP contribution in [0.5, 0.6) is 0 Å². The van der Waals surface area contributed by atoms with Crippen molar-refractivity contribution in [1.82, 2.24) is 15.1 Å². The van der Waals surface area contributed by atoms with Crippen LogP contribution in [-0.2, 0) is 19.4 Å². The van der Waals surface area contributed by atoms with Crippen molar-refractivity contribution in [3.63, 3.8) is 0 Å². The number of hydrogen-bond donors (Lipinski definition) is 1. The fourth-order valence-corrected chi connectivity index (χ4v) is 3.29. The highest BCUT2D eigenvalue weighted by molar-refractivity contribution is 5.93. The Bertz CT molecular complexity index is 918. The van der Waals surface area contributed by atoms with Crippen molar-refractivity contribution in [3.05, 3.63) is 82.6 Å². The summed E-state index contributed by atoms with van der Waals surface area (Å²) in [6.45, 7) is 0.356. The molecular weight excluding hydrogens is 316 g/mol. The molecule has 126 valence electrons. The maximum Gasteiger partial charge on any atom is 0.257 e.